The lowest BCUT2D eigenvalue weighted by Gasteiger charge is -2.33. The van der Waals surface area contributed by atoms with Crippen LogP contribution in [0, 0.1) is 0 Å². The van der Waals surface area contributed by atoms with Gasteiger partial charge in [0, 0.05) is 12.8 Å². The lowest BCUT2D eigenvalue weighted by atomic mass is 10.0. The molecule has 48 heavy (non-hydrogen) atoms. The van der Waals surface area contributed by atoms with Crippen LogP contribution in [0.4, 0.5) is 5.82 Å². The van der Waals surface area contributed by atoms with Crippen molar-refractivity contribution < 1.29 is 27.8 Å². The van der Waals surface area contributed by atoms with E-state index in [0.717, 1.165) is 18.4 Å². The molecular formula is C37H62N3O7P. The Morgan fingerprint density at radius 2 is 1.50 bits per heavy atom. The monoisotopic (exact) mass is 691 g/mol. The van der Waals surface area contributed by atoms with Gasteiger partial charge in [-0.2, -0.15) is 4.98 Å². The molecule has 0 aliphatic carbocycles. The van der Waals surface area contributed by atoms with Crippen molar-refractivity contribution in [3.05, 3.63) is 58.6 Å². The van der Waals surface area contributed by atoms with E-state index in [1.54, 1.807) is 6.20 Å². The Labute approximate surface area is 289 Å². The summed E-state index contributed by atoms with van der Waals surface area (Å²) in [5, 5.41) is 0. The van der Waals surface area contributed by atoms with E-state index in [9.17, 15) is 9.36 Å². The molecule has 3 atom stereocenters. The molecule has 1 aromatic carbocycles. The van der Waals surface area contributed by atoms with Gasteiger partial charge in [-0.15, -0.1) is 0 Å². The van der Waals surface area contributed by atoms with Crippen LogP contribution in [0.3, 0.4) is 0 Å². The van der Waals surface area contributed by atoms with E-state index >= 15 is 0 Å². The van der Waals surface area contributed by atoms with Gasteiger partial charge in [-0.3, -0.25) is 9.13 Å². The molecule has 1 aliphatic rings. The lowest BCUT2D eigenvalue weighted by Crippen LogP contribution is -2.40. The van der Waals surface area contributed by atoms with Crippen molar-refractivity contribution in [2.24, 2.45) is 0 Å². The second-order valence-corrected chi connectivity index (χ2v) is 15.5. The van der Waals surface area contributed by atoms with E-state index in [2.05, 4.69) is 11.9 Å². The third kappa shape index (κ3) is 17.0. The Morgan fingerprint density at radius 1 is 0.896 bits per heavy atom. The Kier molecular flexibility index (Phi) is 19.6. The highest BCUT2D eigenvalue weighted by Gasteiger charge is 2.37. The van der Waals surface area contributed by atoms with Crippen molar-refractivity contribution >= 4 is 13.4 Å². The molecule has 0 spiro atoms. The van der Waals surface area contributed by atoms with Gasteiger partial charge in [0.05, 0.1) is 33.0 Å². The van der Waals surface area contributed by atoms with Gasteiger partial charge in [-0.25, -0.2) is 4.79 Å². The topological polar surface area (TPSA) is 124 Å². The smallest absolute Gasteiger partial charge is 0.356 e. The van der Waals surface area contributed by atoms with Gasteiger partial charge in [0.25, 0.3) is 0 Å². The van der Waals surface area contributed by atoms with Crippen LogP contribution in [0.5, 0.6) is 0 Å². The third-order valence-corrected chi connectivity index (χ3v) is 10.3. The standard InChI is InChI=1S/C37H62N3O7P/c1-3-4-5-6-7-8-9-10-11-12-13-14-15-16-17-21-26-43-30-37(2,45-28-33-22-19-18-20-23-33)31-47-48(42)32-44-34(29-46-48)27-40-25-24-35(38)39-36(40)41/h18-20,22-25,34H,3-17,21,26-32H2,1-2H3,(H2,38,39,41)/t34-,37+,48?/m0/s1. The molecule has 0 bridgehead atoms. The molecule has 0 saturated carbocycles. The quantitative estimate of drug-likeness (QED) is 0.0724. The summed E-state index contributed by atoms with van der Waals surface area (Å²) in [4.78, 5) is 15.8. The zero-order valence-corrected chi connectivity index (χ0v) is 30.6. The number of unbranched alkanes of at least 4 members (excludes halogenated alkanes) is 15. The molecular weight excluding hydrogens is 629 g/mol. The van der Waals surface area contributed by atoms with Gasteiger partial charge in [0.2, 0.25) is 0 Å². The minimum absolute atomic E-state index is 0.0193. The first-order valence-electron chi connectivity index (χ1n) is 18.4. The van der Waals surface area contributed by atoms with E-state index in [4.69, 9.17) is 29.0 Å². The average Bonchev–Trinajstić information content (AvgIpc) is 3.09. The van der Waals surface area contributed by atoms with E-state index in [1.165, 1.54) is 101 Å². The van der Waals surface area contributed by atoms with Gasteiger partial charge in [-0.1, -0.05) is 134 Å². The van der Waals surface area contributed by atoms with E-state index < -0.39 is 25.0 Å². The fourth-order valence-corrected chi connectivity index (χ4v) is 7.17. The number of nitrogens with two attached hydrogens (primary N) is 1. The first-order chi connectivity index (χ1) is 23.3. The number of nitrogen functional groups attached to an aromatic ring is 1. The lowest BCUT2D eigenvalue weighted by molar-refractivity contribution is -0.120. The highest BCUT2D eigenvalue weighted by molar-refractivity contribution is 7.53. The van der Waals surface area contributed by atoms with Crippen molar-refractivity contribution in [2.45, 2.75) is 141 Å². The first-order valence-corrected chi connectivity index (χ1v) is 20.1. The zero-order valence-electron chi connectivity index (χ0n) is 29.7. The summed E-state index contributed by atoms with van der Waals surface area (Å²) < 4.78 is 44.4. The number of hydrogen-bond acceptors (Lipinski definition) is 9. The maximum absolute atomic E-state index is 13.3. The van der Waals surface area contributed by atoms with Crippen LogP contribution in [-0.4, -0.2) is 54.0 Å². The molecule has 0 amide bonds. The first kappa shape index (κ1) is 40.4. The second-order valence-electron chi connectivity index (χ2n) is 13.5. The molecule has 1 aromatic heterocycles. The number of nitrogens with zero attached hydrogens (tertiary/aromatic N) is 2. The fourth-order valence-electron chi connectivity index (χ4n) is 5.69. The minimum Gasteiger partial charge on any atom is -0.383 e. The van der Waals surface area contributed by atoms with E-state index in [-0.39, 0.29) is 31.9 Å². The normalized spacial score (nSPS) is 19.3. The number of rotatable bonds is 27. The molecule has 1 saturated heterocycles. The van der Waals surface area contributed by atoms with Crippen LogP contribution in [-0.2, 0) is 41.0 Å². The Morgan fingerprint density at radius 3 is 2.06 bits per heavy atom. The Balaban J connectivity index is 1.30. The molecule has 272 valence electrons. The third-order valence-electron chi connectivity index (χ3n) is 8.77. The summed E-state index contributed by atoms with van der Waals surface area (Å²) in [5.74, 6) is 0.154. The predicted molar refractivity (Wildman–Crippen MR) is 192 cm³/mol. The zero-order chi connectivity index (χ0) is 34.3. The maximum atomic E-state index is 13.3. The van der Waals surface area contributed by atoms with Gasteiger partial charge < -0.3 is 29.0 Å². The summed E-state index contributed by atoms with van der Waals surface area (Å²) in [6.07, 6.45) is 22.2. The van der Waals surface area contributed by atoms with Crippen LogP contribution in [0.1, 0.15) is 122 Å². The summed E-state index contributed by atoms with van der Waals surface area (Å²) >= 11 is 0. The molecule has 1 unspecified atom stereocenters. The van der Waals surface area contributed by atoms with Gasteiger partial charge in [0.15, 0.2) is 0 Å². The molecule has 3 rings (SSSR count). The Bertz CT molecular complexity index is 1220. The van der Waals surface area contributed by atoms with Gasteiger partial charge in [0.1, 0.15) is 23.9 Å². The number of ether oxygens (including phenoxy) is 3. The number of aromatic nitrogens is 2. The van der Waals surface area contributed by atoms with Gasteiger partial charge >= 0.3 is 13.3 Å². The van der Waals surface area contributed by atoms with Crippen LogP contribution in [0.2, 0.25) is 0 Å². The molecule has 11 heteroatoms. The van der Waals surface area contributed by atoms with Crippen molar-refractivity contribution in [2.75, 3.05) is 38.5 Å². The molecule has 10 nitrogen and oxygen atoms in total. The largest absolute Gasteiger partial charge is 0.383 e. The van der Waals surface area contributed by atoms with Crippen molar-refractivity contribution in [1.82, 2.24) is 9.55 Å². The molecule has 0 radical (unpaired) electrons. The average molecular weight is 692 g/mol. The van der Waals surface area contributed by atoms with Crippen molar-refractivity contribution in [3.8, 4) is 0 Å². The molecule has 1 fully saturated rings. The fraction of sp³-hybridized carbons (Fsp3) is 0.730. The highest BCUT2D eigenvalue weighted by Crippen LogP contribution is 2.51. The summed E-state index contributed by atoms with van der Waals surface area (Å²) in [6.45, 7) is 5.74. The van der Waals surface area contributed by atoms with Crippen LogP contribution in [0.15, 0.2) is 47.4 Å². The molecule has 2 aromatic rings. The summed E-state index contributed by atoms with van der Waals surface area (Å²) in [5.41, 5.74) is 5.28. The van der Waals surface area contributed by atoms with E-state index in [1.807, 2.05) is 37.3 Å². The molecule has 2 heterocycles. The Hall–Kier alpha value is -2.07. The summed E-state index contributed by atoms with van der Waals surface area (Å²) in [6, 6.07) is 11.4. The molecule has 2 N–H and O–H groups in total. The van der Waals surface area contributed by atoms with Crippen molar-refractivity contribution in [3.63, 3.8) is 0 Å². The van der Waals surface area contributed by atoms with E-state index in [0.29, 0.717) is 19.8 Å². The SMILES string of the molecule is CCCCCCCCCCCCCCCCCCOC[C@](C)(COP1(=O)CO[C@@H](Cn2ccc(N)nc2=O)CO1)OCc1ccccc1. The van der Waals surface area contributed by atoms with Crippen LogP contribution >= 0.6 is 7.60 Å². The van der Waals surface area contributed by atoms with Gasteiger partial charge in [-0.05, 0) is 25.0 Å². The summed E-state index contributed by atoms with van der Waals surface area (Å²) in [7, 11) is -3.53. The number of anilines is 1. The van der Waals surface area contributed by atoms with Crippen molar-refractivity contribution in [1.29, 1.82) is 0 Å². The van der Waals surface area contributed by atoms with Crippen LogP contribution in [0.25, 0.3) is 0 Å². The maximum Gasteiger partial charge on any atom is 0.356 e. The minimum atomic E-state index is -3.53. The highest BCUT2D eigenvalue weighted by atomic mass is 31.2. The number of benzene rings is 1. The van der Waals surface area contributed by atoms with Crippen LogP contribution < -0.4 is 11.4 Å². The predicted octanol–water partition coefficient (Wildman–Crippen LogP) is 8.66. The second kappa shape index (κ2) is 23.4. The molecule has 1 aliphatic heterocycles. The number of hydrogen-bond donors (Lipinski definition) is 1.